The summed E-state index contributed by atoms with van der Waals surface area (Å²) < 4.78 is 18.6. The molecular formula is C15H17FN2O. The number of nitrogens with one attached hydrogen (secondary N) is 1. The summed E-state index contributed by atoms with van der Waals surface area (Å²) in [7, 11) is 0. The lowest BCUT2D eigenvalue weighted by Crippen LogP contribution is -2.11. The molecule has 0 atom stereocenters. The van der Waals surface area contributed by atoms with Crippen molar-refractivity contribution in [2.45, 2.75) is 20.4 Å². The normalized spacial score (nSPS) is 10.5. The third kappa shape index (κ3) is 3.76. The van der Waals surface area contributed by atoms with Gasteiger partial charge in [-0.2, -0.15) is 0 Å². The van der Waals surface area contributed by atoms with E-state index in [1.807, 2.05) is 12.1 Å². The molecule has 0 saturated carbocycles. The van der Waals surface area contributed by atoms with Gasteiger partial charge in [0, 0.05) is 18.8 Å². The van der Waals surface area contributed by atoms with Gasteiger partial charge >= 0.3 is 0 Å². The minimum absolute atomic E-state index is 0.265. The summed E-state index contributed by atoms with van der Waals surface area (Å²) in [6.07, 6.45) is 1.77. The average Bonchev–Trinajstić information content (AvgIpc) is 2.41. The fraction of sp³-hybridized carbons (Fsp3) is 0.267. The van der Waals surface area contributed by atoms with E-state index in [9.17, 15) is 4.39 Å². The second-order valence-electron chi connectivity index (χ2n) is 4.30. The third-order valence-corrected chi connectivity index (χ3v) is 2.73. The molecule has 0 spiro atoms. The lowest BCUT2D eigenvalue weighted by molar-refractivity contribution is 0.457. The van der Waals surface area contributed by atoms with Crippen molar-refractivity contribution in [2.75, 3.05) is 6.54 Å². The van der Waals surface area contributed by atoms with Crippen LogP contribution in [0.2, 0.25) is 0 Å². The van der Waals surface area contributed by atoms with Crippen LogP contribution in [0.5, 0.6) is 11.6 Å². The minimum Gasteiger partial charge on any atom is -0.439 e. The predicted molar refractivity (Wildman–Crippen MR) is 72.8 cm³/mol. The van der Waals surface area contributed by atoms with Gasteiger partial charge in [-0.15, -0.1) is 0 Å². The second-order valence-corrected chi connectivity index (χ2v) is 4.30. The van der Waals surface area contributed by atoms with Crippen LogP contribution in [-0.2, 0) is 6.54 Å². The van der Waals surface area contributed by atoms with Gasteiger partial charge in [0.1, 0.15) is 11.6 Å². The van der Waals surface area contributed by atoms with E-state index in [-0.39, 0.29) is 5.82 Å². The Labute approximate surface area is 112 Å². The Kier molecular flexibility index (Phi) is 4.47. The largest absolute Gasteiger partial charge is 0.439 e. The number of halogens is 1. The smallest absolute Gasteiger partial charge is 0.219 e. The lowest BCUT2D eigenvalue weighted by Gasteiger charge is -2.08. The zero-order valence-corrected chi connectivity index (χ0v) is 11.1. The molecule has 0 saturated heterocycles. The highest BCUT2D eigenvalue weighted by atomic mass is 19.1. The van der Waals surface area contributed by atoms with Crippen LogP contribution < -0.4 is 10.1 Å². The average molecular weight is 260 g/mol. The first-order valence-corrected chi connectivity index (χ1v) is 6.28. The third-order valence-electron chi connectivity index (χ3n) is 2.73. The fourth-order valence-electron chi connectivity index (χ4n) is 1.69. The number of benzene rings is 1. The highest BCUT2D eigenvalue weighted by molar-refractivity contribution is 5.35. The number of pyridine rings is 1. The molecule has 1 aromatic carbocycles. The number of aromatic nitrogens is 1. The molecule has 0 fully saturated rings. The maximum Gasteiger partial charge on any atom is 0.219 e. The molecule has 1 heterocycles. The van der Waals surface area contributed by atoms with Crippen molar-refractivity contribution in [2.24, 2.45) is 0 Å². The summed E-state index contributed by atoms with van der Waals surface area (Å²) in [6, 6.07) is 8.20. The Morgan fingerprint density at radius 2 is 2.11 bits per heavy atom. The molecule has 100 valence electrons. The van der Waals surface area contributed by atoms with Crippen LogP contribution in [-0.4, -0.2) is 11.5 Å². The van der Waals surface area contributed by atoms with Crippen LogP contribution in [0.15, 0.2) is 36.5 Å². The van der Waals surface area contributed by atoms with Gasteiger partial charge in [-0.25, -0.2) is 9.37 Å². The van der Waals surface area contributed by atoms with Crippen molar-refractivity contribution in [1.82, 2.24) is 10.3 Å². The van der Waals surface area contributed by atoms with Gasteiger partial charge in [0.2, 0.25) is 5.88 Å². The van der Waals surface area contributed by atoms with Crippen LogP contribution in [0.1, 0.15) is 18.1 Å². The number of hydrogen-bond acceptors (Lipinski definition) is 3. The standard InChI is InChI=1S/C15H17FN2O/c1-3-17-9-12-4-7-15(18-10-12)19-14-6-5-13(16)8-11(14)2/h4-8,10,17H,3,9H2,1-2H3. The predicted octanol–water partition coefficient (Wildman–Crippen LogP) is 3.43. The first kappa shape index (κ1) is 13.5. The van der Waals surface area contributed by atoms with E-state index in [0.29, 0.717) is 11.6 Å². The van der Waals surface area contributed by atoms with Gasteiger partial charge in [0.25, 0.3) is 0 Å². The maximum atomic E-state index is 13.0. The first-order chi connectivity index (χ1) is 9.19. The molecule has 0 unspecified atom stereocenters. The Morgan fingerprint density at radius 1 is 1.26 bits per heavy atom. The van der Waals surface area contributed by atoms with Gasteiger partial charge in [-0.05, 0) is 42.8 Å². The molecule has 4 heteroatoms. The van der Waals surface area contributed by atoms with Crippen molar-refractivity contribution < 1.29 is 9.13 Å². The second kappa shape index (κ2) is 6.29. The van der Waals surface area contributed by atoms with Gasteiger partial charge < -0.3 is 10.1 Å². The Bertz CT molecular complexity index is 540. The molecule has 0 aliphatic rings. The van der Waals surface area contributed by atoms with Crippen LogP contribution in [0.25, 0.3) is 0 Å². The zero-order chi connectivity index (χ0) is 13.7. The van der Waals surface area contributed by atoms with Crippen LogP contribution in [0.4, 0.5) is 4.39 Å². The van der Waals surface area contributed by atoms with E-state index in [1.165, 1.54) is 12.1 Å². The monoisotopic (exact) mass is 260 g/mol. The molecule has 0 bridgehead atoms. The van der Waals surface area contributed by atoms with Gasteiger partial charge in [-0.1, -0.05) is 13.0 Å². The molecule has 0 radical (unpaired) electrons. The van der Waals surface area contributed by atoms with E-state index in [2.05, 4.69) is 17.2 Å². The highest BCUT2D eigenvalue weighted by Crippen LogP contribution is 2.24. The molecule has 0 amide bonds. The van der Waals surface area contributed by atoms with Crippen LogP contribution >= 0.6 is 0 Å². The Morgan fingerprint density at radius 3 is 2.74 bits per heavy atom. The summed E-state index contributed by atoms with van der Waals surface area (Å²) in [5, 5.41) is 3.23. The fourth-order valence-corrected chi connectivity index (χ4v) is 1.69. The number of ether oxygens (including phenoxy) is 1. The summed E-state index contributed by atoms with van der Waals surface area (Å²) >= 11 is 0. The summed E-state index contributed by atoms with van der Waals surface area (Å²) in [6.45, 7) is 5.58. The van der Waals surface area contributed by atoms with E-state index < -0.39 is 0 Å². The lowest BCUT2D eigenvalue weighted by atomic mass is 10.2. The Balaban J connectivity index is 2.06. The van der Waals surface area contributed by atoms with Crippen molar-refractivity contribution in [3.8, 4) is 11.6 Å². The molecular weight excluding hydrogens is 243 g/mol. The number of hydrogen-bond donors (Lipinski definition) is 1. The van der Waals surface area contributed by atoms with E-state index >= 15 is 0 Å². The van der Waals surface area contributed by atoms with Crippen molar-refractivity contribution >= 4 is 0 Å². The number of aryl methyl sites for hydroxylation is 1. The molecule has 2 rings (SSSR count). The molecule has 0 aliphatic carbocycles. The van der Waals surface area contributed by atoms with E-state index in [1.54, 1.807) is 19.2 Å². The van der Waals surface area contributed by atoms with Crippen molar-refractivity contribution in [1.29, 1.82) is 0 Å². The molecule has 3 nitrogen and oxygen atoms in total. The number of nitrogens with zero attached hydrogens (tertiary/aromatic N) is 1. The number of rotatable bonds is 5. The molecule has 1 N–H and O–H groups in total. The van der Waals surface area contributed by atoms with E-state index in [0.717, 1.165) is 24.2 Å². The molecule has 0 aliphatic heterocycles. The van der Waals surface area contributed by atoms with Crippen LogP contribution in [0.3, 0.4) is 0 Å². The minimum atomic E-state index is -0.265. The van der Waals surface area contributed by atoms with Crippen molar-refractivity contribution in [3.63, 3.8) is 0 Å². The van der Waals surface area contributed by atoms with Gasteiger partial charge in [-0.3, -0.25) is 0 Å². The zero-order valence-electron chi connectivity index (χ0n) is 11.1. The van der Waals surface area contributed by atoms with Gasteiger partial charge in [0.15, 0.2) is 0 Å². The molecule has 19 heavy (non-hydrogen) atoms. The van der Waals surface area contributed by atoms with E-state index in [4.69, 9.17) is 4.74 Å². The van der Waals surface area contributed by atoms with Crippen molar-refractivity contribution in [3.05, 3.63) is 53.5 Å². The highest BCUT2D eigenvalue weighted by Gasteiger charge is 2.04. The topological polar surface area (TPSA) is 34.1 Å². The SMILES string of the molecule is CCNCc1ccc(Oc2ccc(F)cc2C)nc1. The summed E-state index contributed by atoms with van der Waals surface area (Å²) in [5.41, 5.74) is 1.85. The van der Waals surface area contributed by atoms with Gasteiger partial charge in [0.05, 0.1) is 0 Å². The quantitative estimate of drug-likeness (QED) is 0.894. The van der Waals surface area contributed by atoms with Crippen LogP contribution in [0, 0.1) is 12.7 Å². The molecule has 1 aromatic heterocycles. The summed E-state index contributed by atoms with van der Waals surface area (Å²) in [4.78, 5) is 4.23. The maximum absolute atomic E-state index is 13.0. The first-order valence-electron chi connectivity index (χ1n) is 6.28. The summed E-state index contributed by atoms with van der Waals surface area (Å²) in [5.74, 6) is 0.863. The Hall–Kier alpha value is -1.94. The molecule has 2 aromatic rings.